The maximum atomic E-state index is 5.50. The van der Waals surface area contributed by atoms with Crippen molar-refractivity contribution in [3.63, 3.8) is 0 Å². The number of anilines is 1. The minimum absolute atomic E-state index is 0.0875. The van der Waals surface area contributed by atoms with Gasteiger partial charge in [0.2, 0.25) is 0 Å². The van der Waals surface area contributed by atoms with E-state index >= 15 is 0 Å². The third kappa shape index (κ3) is 2.12. The molecule has 1 aliphatic heterocycles. The van der Waals surface area contributed by atoms with Crippen LogP contribution in [0.4, 0.5) is 5.69 Å². The van der Waals surface area contributed by atoms with Crippen molar-refractivity contribution >= 4 is 5.69 Å². The number of hydrogen-bond acceptors (Lipinski definition) is 3. The van der Waals surface area contributed by atoms with Gasteiger partial charge in [-0.3, -0.25) is 5.10 Å². The van der Waals surface area contributed by atoms with Gasteiger partial charge in [-0.2, -0.15) is 5.10 Å². The van der Waals surface area contributed by atoms with Gasteiger partial charge in [0, 0.05) is 30.3 Å². The molecule has 2 heterocycles. The van der Waals surface area contributed by atoms with E-state index in [1.807, 2.05) is 13.2 Å². The number of nitrogens with one attached hydrogen (secondary N) is 2. The Morgan fingerprint density at radius 2 is 2.26 bits per heavy atom. The Kier molecular flexibility index (Phi) is 3.03. The Balaban J connectivity index is 1.92. The van der Waals surface area contributed by atoms with Gasteiger partial charge in [-0.25, -0.2) is 0 Å². The second kappa shape index (κ2) is 4.70. The normalized spacial score (nSPS) is 16.9. The van der Waals surface area contributed by atoms with Crippen LogP contribution >= 0.6 is 0 Å². The summed E-state index contributed by atoms with van der Waals surface area (Å²) >= 11 is 0. The number of rotatable bonds is 4. The van der Waals surface area contributed by atoms with Crippen LogP contribution in [0.1, 0.15) is 16.8 Å². The van der Waals surface area contributed by atoms with Crippen molar-refractivity contribution in [1.82, 2.24) is 10.2 Å². The van der Waals surface area contributed by atoms with Crippen molar-refractivity contribution in [3.8, 4) is 0 Å². The minimum atomic E-state index is 0.0875. The van der Waals surface area contributed by atoms with Crippen molar-refractivity contribution in [2.45, 2.75) is 18.8 Å². The summed E-state index contributed by atoms with van der Waals surface area (Å²) in [4.78, 5) is 0. The molecule has 1 saturated heterocycles. The largest absolute Gasteiger partial charge is 0.388 e. The fourth-order valence-corrected chi connectivity index (χ4v) is 2.61. The molecule has 0 amide bonds. The van der Waals surface area contributed by atoms with Gasteiger partial charge in [-0.1, -0.05) is 12.1 Å². The third-order valence-electron chi connectivity index (χ3n) is 3.97. The zero-order valence-electron chi connectivity index (χ0n) is 11.4. The molecule has 100 valence electrons. The molecule has 0 atom stereocenters. The number of aryl methyl sites for hydroxylation is 1. The average Bonchev–Trinajstić information content (AvgIpc) is 2.79. The fourth-order valence-electron chi connectivity index (χ4n) is 2.61. The predicted molar refractivity (Wildman–Crippen MR) is 75.5 cm³/mol. The van der Waals surface area contributed by atoms with Crippen molar-refractivity contribution in [1.29, 1.82) is 0 Å². The van der Waals surface area contributed by atoms with Crippen molar-refractivity contribution < 1.29 is 4.74 Å². The second-order valence-corrected chi connectivity index (χ2v) is 5.31. The molecule has 1 fully saturated rings. The SMILES string of the molecule is CNc1cccc(C2(Cc3[nH]ncc3C)COC2)c1. The lowest BCUT2D eigenvalue weighted by atomic mass is 9.74. The standard InChI is InChI=1S/C15H19N3O/c1-11-8-17-18-14(11)7-15(9-19-10-15)12-4-3-5-13(6-12)16-2/h3-6,8,16H,7,9-10H2,1-2H3,(H,17,18). The van der Waals surface area contributed by atoms with E-state index < -0.39 is 0 Å². The summed E-state index contributed by atoms with van der Waals surface area (Å²) in [5, 5.41) is 10.4. The third-order valence-corrected chi connectivity index (χ3v) is 3.97. The lowest BCUT2D eigenvalue weighted by molar-refractivity contribution is -0.0604. The zero-order chi connectivity index (χ0) is 13.3. The molecular weight excluding hydrogens is 238 g/mol. The first kappa shape index (κ1) is 12.2. The van der Waals surface area contributed by atoms with Gasteiger partial charge in [-0.15, -0.1) is 0 Å². The molecule has 1 aliphatic rings. The molecule has 0 aliphatic carbocycles. The Hall–Kier alpha value is -1.81. The molecule has 19 heavy (non-hydrogen) atoms. The molecule has 1 aromatic carbocycles. The fraction of sp³-hybridized carbons (Fsp3) is 0.400. The molecule has 3 rings (SSSR count). The highest BCUT2D eigenvalue weighted by atomic mass is 16.5. The van der Waals surface area contributed by atoms with Crippen molar-refractivity contribution in [3.05, 3.63) is 47.3 Å². The molecule has 1 aromatic heterocycles. The Morgan fingerprint density at radius 1 is 1.42 bits per heavy atom. The highest BCUT2D eigenvalue weighted by molar-refractivity contribution is 5.48. The van der Waals surface area contributed by atoms with Crippen molar-refractivity contribution in [2.75, 3.05) is 25.6 Å². The van der Waals surface area contributed by atoms with Crippen LogP contribution in [0.15, 0.2) is 30.5 Å². The average molecular weight is 257 g/mol. The molecule has 0 radical (unpaired) electrons. The first-order valence-electron chi connectivity index (χ1n) is 6.58. The molecule has 2 N–H and O–H groups in total. The van der Waals surface area contributed by atoms with E-state index in [0.717, 1.165) is 25.3 Å². The molecular formula is C15H19N3O. The summed E-state index contributed by atoms with van der Waals surface area (Å²) in [6.45, 7) is 3.65. The summed E-state index contributed by atoms with van der Waals surface area (Å²) in [6.07, 6.45) is 2.83. The summed E-state index contributed by atoms with van der Waals surface area (Å²) in [5.74, 6) is 0. The summed E-state index contributed by atoms with van der Waals surface area (Å²) in [5.41, 5.74) is 4.99. The Morgan fingerprint density at radius 3 is 2.84 bits per heavy atom. The smallest absolute Gasteiger partial charge is 0.0589 e. The maximum absolute atomic E-state index is 5.50. The molecule has 0 spiro atoms. The van der Waals surface area contributed by atoms with E-state index in [-0.39, 0.29) is 5.41 Å². The van der Waals surface area contributed by atoms with Crippen molar-refractivity contribution in [2.24, 2.45) is 0 Å². The summed E-state index contributed by atoms with van der Waals surface area (Å²) in [6, 6.07) is 8.59. The molecule has 0 bridgehead atoms. The molecule has 0 unspecified atom stereocenters. The van der Waals surface area contributed by atoms with E-state index in [1.165, 1.54) is 16.8 Å². The summed E-state index contributed by atoms with van der Waals surface area (Å²) in [7, 11) is 1.95. The Labute approximate surface area is 113 Å². The summed E-state index contributed by atoms with van der Waals surface area (Å²) < 4.78 is 5.50. The van der Waals surface area contributed by atoms with Crippen LogP contribution in [0.2, 0.25) is 0 Å². The molecule has 4 nitrogen and oxygen atoms in total. The van der Waals surface area contributed by atoms with Crippen LogP contribution in [0.25, 0.3) is 0 Å². The first-order chi connectivity index (χ1) is 9.23. The minimum Gasteiger partial charge on any atom is -0.388 e. The Bertz CT molecular complexity index is 572. The number of ether oxygens (including phenoxy) is 1. The number of benzene rings is 1. The highest BCUT2D eigenvalue weighted by Gasteiger charge is 2.41. The van der Waals surface area contributed by atoms with E-state index in [4.69, 9.17) is 4.74 Å². The lowest BCUT2D eigenvalue weighted by Gasteiger charge is -2.42. The lowest BCUT2D eigenvalue weighted by Crippen LogP contribution is -2.48. The predicted octanol–water partition coefficient (Wildman–Crippen LogP) is 2.27. The first-order valence-corrected chi connectivity index (χ1v) is 6.58. The van der Waals surface area contributed by atoms with Gasteiger partial charge in [0.05, 0.1) is 19.4 Å². The topological polar surface area (TPSA) is 49.9 Å². The van der Waals surface area contributed by atoms with E-state index in [1.54, 1.807) is 0 Å². The van der Waals surface area contributed by atoms with Crippen LogP contribution in [-0.2, 0) is 16.6 Å². The number of aromatic nitrogens is 2. The van der Waals surface area contributed by atoms with Crippen LogP contribution in [0.3, 0.4) is 0 Å². The second-order valence-electron chi connectivity index (χ2n) is 5.31. The number of H-pyrrole nitrogens is 1. The van der Waals surface area contributed by atoms with Crippen LogP contribution < -0.4 is 5.32 Å². The molecule has 2 aromatic rings. The van der Waals surface area contributed by atoms with Gasteiger partial charge in [-0.05, 0) is 30.2 Å². The van der Waals surface area contributed by atoms with Gasteiger partial charge in [0.15, 0.2) is 0 Å². The number of nitrogens with zero attached hydrogens (tertiary/aromatic N) is 1. The maximum Gasteiger partial charge on any atom is 0.0589 e. The van der Waals surface area contributed by atoms with Crippen LogP contribution in [0, 0.1) is 6.92 Å². The van der Waals surface area contributed by atoms with Crippen LogP contribution in [0.5, 0.6) is 0 Å². The van der Waals surface area contributed by atoms with E-state index in [0.29, 0.717) is 0 Å². The molecule has 0 saturated carbocycles. The van der Waals surface area contributed by atoms with Gasteiger partial charge in [0.1, 0.15) is 0 Å². The zero-order valence-corrected chi connectivity index (χ0v) is 11.4. The van der Waals surface area contributed by atoms with Crippen LogP contribution in [-0.4, -0.2) is 30.5 Å². The van der Waals surface area contributed by atoms with Gasteiger partial charge in [0.25, 0.3) is 0 Å². The van der Waals surface area contributed by atoms with E-state index in [2.05, 4.69) is 46.7 Å². The highest BCUT2D eigenvalue weighted by Crippen LogP contribution is 2.37. The van der Waals surface area contributed by atoms with E-state index in [9.17, 15) is 0 Å². The monoisotopic (exact) mass is 257 g/mol. The number of aromatic amines is 1. The van der Waals surface area contributed by atoms with Gasteiger partial charge >= 0.3 is 0 Å². The van der Waals surface area contributed by atoms with Gasteiger partial charge < -0.3 is 10.1 Å². The molecule has 4 heteroatoms. The quantitative estimate of drug-likeness (QED) is 0.883. The number of hydrogen-bond donors (Lipinski definition) is 2.